The number of ketones is 1. The van der Waals surface area contributed by atoms with Crippen molar-refractivity contribution in [2.24, 2.45) is 13.0 Å². The molecule has 1 unspecified atom stereocenters. The topological polar surface area (TPSA) is 339 Å². The van der Waals surface area contributed by atoms with Gasteiger partial charge in [0, 0.05) is 120 Å². The van der Waals surface area contributed by atoms with Gasteiger partial charge in [-0.2, -0.15) is 0 Å². The SMILES string of the molecule is Cn1c(=O)c([N+](=O)[O-])c(N2CCN(C(=O)C3CCC(=O)N3)CC2)c2ccccc21.O=C(Cn1c(=O)c([N+](=O)[O-])c(N2CCN(C(=O)c3ccco3)CC2)c2ccccc21)c1ccccc1.O=C(c1ccco1)N1CCN(c2c([N+](=O)[O-])c(=O)n(CCC3CCCCC3)c3ccccc23)CC1. The maximum Gasteiger partial charge on any atom is 0.357 e. The molecule has 9 aromatic rings. The number of aromatic nitrogens is 3. The highest BCUT2D eigenvalue weighted by atomic mass is 16.6. The molecule has 14 rings (SSSR count). The molecule has 9 heterocycles. The van der Waals surface area contributed by atoms with E-state index in [1.807, 2.05) is 29.2 Å². The average Bonchev–Trinajstić information content (AvgIpc) is 0.865. The van der Waals surface area contributed by atoms with Gasteiger partial charge in [-0.1, -0.05) is 117 Å². The highest BCUT2D eigenvalue weighted by Crippen LogP contribution is 2.38. The Morgan fingerprint density at radius 2 is 0.900 bits per heavy atom. The minimum Gasteiger partial charge on any atom is -0.459 e. The first-order chi connectivity index (χ1) is 48.4. The van der Waals surface area contributed by atoms with Crippen molar-refractivity contribution >= 4 is 96.2 Å². The van der Waals surface area contributed by atoms with Gasteiger partial charge in [0.2, 0.25) is 11.8 Å². The van der Waals surface area contributed by atoms with Gasteiger partial charge in [0.1, 0.15) is 23.1 Å². The number of carbonyl (C=O) groups excluding carboxylic acids is 5. The summed E-state index contributed by atoms with van der Waals surface area (Å²) in [6, 6.07) is 35.9. The van der Waals surface area contributed by atoms with E-state index in [2.05, 4.69) is 5.32 Å². The van der Waals surface area contributed by atoms with Crippen LogP contribution in [0.4, 0.5) is 34.1 Å². The summed E-state index contributed by atoms with van der Waals surface area (Å²) in [4.78, 5) is 146. The number of rotatable bonds is 15. The summed E-state index contributed by atoms with van der Waals surface area (Å²) in [6.07, 6.45) is 10.6. The van der Waals surface area contributed by atoms with Crippen LogP contribution >= 0.6 is 0 Å². The van der Waals surface area contributed by atoms with Crippen molar-refractivity contribution in [2.45, 2.75) is 70.5 Å². The summed E-state index contributed by atoms with van der Waals surface area (Å²) in [5.41, 5.74) is -0.407. The van der Waals surface area contributed by atoms with Gasteiger partial charge in [0.25, 0.3) is 11.8 Å². The van der Waals surface area contributed by atoms with Gasteiger partial charge >= 0.3 is 33.7 Å². The van der Waals surface area contributed by atoms with Crippen LogP contribution < -0.4 is 36.7 Å². The zero-order valence-corrected chi connectivity index (χ0v) is 54.9. The molecule has 100 heavy (non-hydrogen) atoms. The molecule has 4 aliphatic heterocycles. The average molecular weight is 1360 g/mol. The summed E-state index contributed by atoms with van der Waals surface area (Å²) < 4.78 is 14.5. The number of para-hydroxylation sites is 3. The number of hydrogen-bond donors (Lipinski definition) is 1. The number of amides is 4. The molecular weight excluding hydrogens is 1290 g/mol. The molecule has 29 nitrogen and oxygen atoms in total. The van der Waals surface area contributed by atoms with Crippen molar-refractivity contribution in [1.29, 1.82) is 0 Å². The predicted molar refractivity (Wildman–Crippen MR) is 371 cm³/mol. The van der Waals surface area contributed by atoms with Crippen molar-refractivity contribution in [1.82, 2.24) is 33.7 Å². The number of hydrogen-bond acceptors (Lipinski definition) is 19. The molecule has 5 fully saturated rings. The van der Waals surface area contributed by atoms with Crippen LogP contribution in [0, 0.1) is 36.3 Å². The maximum absolute atomic E-state index is 13.5. The lowest BCUT2D eigenvalue weighted by atomic mass is 9.87. The normalized spacial score (nSPS) is 16.6. The number of Topliss-reactive ketones (excluding diaryl/α,β-unsaturated/α-hetero) is 1. The highest BCUT2D eigenvalue weighted by molar-refractivity contribution is 6.01. The summed E-state index contributed by atoms with van der Waals surface area (Å²) >= 11 is 0. The van der Waals surface area contributed by atoms with Gasteiger partial charge in [0.05, 0.1) is 50.4 Å². The lowest BCUT2D eigenvalue weighted by molar-refractivity contribution is -0.385. The Morgan fingerprint density at radius 3 is 1.35 bits per heavy atom. The van der Waals surface area contributed by atoms with Gasteiger partial charge in [-0.15, -0.1) is 0 Å². The summed E-state index contributed by atoms with van der Waals surface area (Å²) in [5, 5.41) is 40.6. The molecule has 5 aromatic heterocycles. The molecule has 1 saturated carbocycles. The number of nitrogens with one attached hydrogen (secondary N) is 1. The Balaban J connectivity index is 0.000000143. The minimum atomic E-state index is -0.841. The number of carbonyl (C=O) groups is 5. The lowest BCUT2D eigenvalue weighted by Gasteiger charge is -2.37. The van der Waals surface area contributed by atoms with Gasteiger partial charge in [0.15, 0.2) is 17.3 Å². The molecule has 0 spiro atoms. The third-order valence-electron chi connectivity index (χ3n) is 19.4. The van der Waals surface area contributed by atoms with Crippen LogP contribution in [0.15, 0.2) is 163 Å². The summed E-state index contributed by atoms with van der Waals surface area (Å²) in [5.74, 6) is 0.0351. The van der Waals surface area contributed by atoms with Gasteiger partial charge in [-0.25, -0.2) is 0 Å². The standard InChI is InChI=1S/C26H22N4O6.C26H30N4O5.C19H21N5O5/c31-21(18-7-2-1-3-8-18)17-29-20-10-5-4-9-19(20)23(24(26(29)33)30(34)35)27-12-14-28(15-13-27)25(32)22-11-6-16-36-22;31-25(22-11-6-18-35-22)28-16-14-27(15-17-28)23-20-9-4-5-10-21(20)29(26(32)24(23)30(33)34)13-12-19-7-2-1-3-8-19;1-21-14-5-3-2-4-12(14)16(17(19(21)27)24(28)29)22-8-10-23(11-9-22)18(26)13-6-7-15(25)20-13/h1-11,16H,12-15,17H2;4-6,9-11,18-19H,1-3,7-8,12-17H2;2-5,13H,6-11H2,1H3,(H,20,25). The highest BCUT2D eigenvalue weighted by Gasteiger charge is 2.38. The van der Waals surface area contributed by atoms with E-state index in [4.69, 9.17) is 8.83 Å². The number of furan rings is 2. The summed E-state index contributed by atoms with van der Waals surface area (Å²) in [7, 11) is 1.52. The van der Waals surface area contributed by atoms with Gasteiger partial charge < -0.3 is 52.7 Å². The van der Waals surface area contributed by atoms with Crippen LogP contribution in [0.5, 0.6) is 0 Å². The molecular formula is C71H73N13O16. The molecule has 4 saturated heterocycles. The molecule has 518 valence electrons. The van der Waals surface area contributed by atoms with E-state index < -0.39 is 48.9 Å². The third kappa shape index (κ3) is 14.0. The number of aryl methyl sites for hydroxylation is 2. The van der Waals surface area contributed by atoms with Crippen LogP contribution in [0.3, 0.4) is 0 Å². The first kappa shape index (κ1) is 68.2. The minimum absolute atomic E-state index is 0.121. The number of pyridine rings is 3. The monoisotopic (exact) mass is 1360 g/mol. The third-order valence-corrected chi connectivity index (χ3v) is 19.4. The van der Waals surface area contributed by atoms with Crippen molar-refractivity contribution < 1.29 is 47.6 Å². The van der Waals surface area contributed by atoms with Crippen LogP contribution in [-0.2, 0) is 29.7 Å². The zero-order valence-electron chi connectivity index (χ0n) is 54.9. The van der Waals surface area contributed by atoms with Crippen LogP contribution in [0.1, 0.15) is 82.8 Å². The zero-order chi connectivity index (χ0) is 70.3. The largest absolute Gasteiger partial charge is 0.459 e. The van der Waals surface area contributed by atoms with Crippen molar-refractivity contribution in [3.05, 3.63) is 218 Å². The number of fused-ring (bicyclic) bond motifs is 3. The molecule has 1 aliphatic carbocycles. The van der Waals surface area contributed by atoms with Gasteiger partial charge in [-0.3, -0.25) is 73.3 Å². The Hall–Kier alpha value is -11.8. The van der Waals surface area contributed by atoms with E-state index in [0.717, 1.165) is 24.8 Å². The molecule has 29 heteroatoms. The Morgan fingerprint density at radius 1 is 0.480 bits per heavy atom. The number of anilines is 3. The molecule has 0 radical (unpaired) electrons. The van der Waals surface area contributed by atoms with E-state index in [1.54, 1.807) is 132 Å². The quantitative estimate of drug-likeness (QED) is 0.0574. The van der Waals surface area contributed by atoms with Gasteiger partial charge in [-0.05, 0) is 61.2 Å². The first-order valence-corrected chi connectivity index (χ1v) is 33.3. The molecule has 1 N–H and O–H groups in total. The molecule has 4 amide bonds. The van der Waals surface area contributed by atoms with E-state index >= 15 is 0 Å². The molecule has 0 bridgehead atoms. The molecule has 5 aliphatic rings. The first-order valence-electron chi connectivity index (χ1n) is 33.3. The van der Waals surface area contributed by atoms with E-state index in [-0.39, 0.29) is 58.9 Å². The van der Waals surface area contributed by atoms with Crippen molar-refractivity contribution in [3.8, 4) is 0 Å². The fraction of sp³-hybridized carbons (Fsp3) is 0.352. The second kappa shape index (κ2) is 29.9. The number of nitro groups is 3. The second-order valence-electron chi connectivity index (χ2n) is 25.2. The van der Waals surface area contributed by atoms with Crippen LogP contribution in [0.25, 0.3) is 32.7 Å². The van der Waals surface area contributed by atoms with E-state index in [1.165, 1.54) is 48.0 Å². The van der Waals surface area contributed by atoms with Crippen LogP contribution in [-0.4, -0.2) is 157 Å². The second-order valence-corrected chi connectivity index (χ2v) is 25.2. The smallest absolute Gasteiger partial charge is 0.357 e. The summed E-state index contributed by atoms with van der Waals surface area (Å²) in [6.45, 7) is 4.38. The lowest BCUT2D eigenvalue weighted by Crippen LogP contribution is -2.53. The Labute approximate surface area is 570 Å². The van der Waals surface area contributed by atoms with E-state index in [0.29, 0.717) is 148 Å². The van der Waals surface area contributed by atoms with Crippen molar-refractivity contribution in [2.75, 3.05) is 93.2 Å². The van der Waals surface area contributed by atoms with Crippen molar-refractivity contribution in [3.63, 3.8) is 0 Å². The number of benzene rings is 4. The fourth-order valence-corrected chi connectivity index (χ4v) is 14.2. The van der Waals surface area contributed by atoms with Crippen LogP contribution in [0.2, 0.25) is 0 Å². The number of piperazine rings is 3. The number of nitrogens with zero attached hydrogens (tertiary/aromatic N) is 12. The Bertz CT molecular complexity index is 4790. The molecule has 4 aromatic carbocycles. The predicted octanol–water partition coefficient (Wildman–Crippen LogP) is 8.16. The molecule has 1 atom stereocenters. The van der Waals surface area contributed by atoms with E-state index in [9.17, 15) is 68.7 Å². The Kier molecular flexibility index (Phi) is 20.4. The maximum atomic E-state index is 13.5. The fourth-order valence-electron chi connectivity index (χ4n) is 14.2.